The monoisotopic (exact) mass is 412 g/mol. The van der Waals surface area contributed by atoms with Crippen molar-refractivity contribution in [1.82, 2.24) is 0 Å². The van der Waals surface area contributed by atoms with Gasteiger partial charge in [-0.3, -0.25) is 14.4 Å². The van der Waals surface area contributed by atoms with E-state index in [0.717, 1.165) is 16.3 Å². The van der Waals surface area contributed by atoms with Crippen molar-refractivity contribution in [2.45, 2.75) is 31.1 Å². The van der Waals surface area contributed by atoms with E-state index in [9.17, 15) is 18.5 Å². The highest BCUT2D eigenvalue weighted by atomic mass is 32.2. The van der Waals surface area contributed by atoms with Gasteiger partial charge in [-0.25, -0.2) is 0 Å². The molecule has 0 amide bonds. The van der Waals surface area contributed by atoms with E-state index in [1.807, 2.05) is 38.1 Å². The van der Waals surface area contributed by atoms with E-state index in [2.05, 4.69) is 5.16 Å². The Morgan fingerprint density at radius 1 is 1.00 bits per heavy atom. The van der Waals surface area contributed by atoms with Crippen LogP contribution in [-0.4, -0.2) is 19.1 Å². The number of benzene rings is 3. The summed E-state index contributed by atoms with van der Waals surface area (Å²) in [6.45, 7) is 5.31. The Balaban J connectivity index is 1.85. The molecule has 0 aliphatic heterocycles. The first-order valence-electron chi connectivity index (χ1n) is 8.84. The van der Waals surface area contributed by atoms with Crippen LogP contribution in [0.5, 0.6) is 0 Å². The van der Waals surface area contributed by atoms with Crippen LogP contribution in [0.15, 0.2) is 76.8 Å². The maximum atomic E-state index is 12.6. The molecule has 7 nitrogen and oxygen atoms in total. The minimum Gasteiger partial charge on any atom is -0.265 e. The summed E-state index contributed by atoms with van der Waals surface area (Å²) in [5.74, 6) is 0. The smallest absolute Gasteiger partial charge is 0.265 e. The van der Waals surface area contributed by atoms with Crippen molar-refractivity contribution >= 4 is 32.3 Å². The normalized spacial score (nSPS) is 12.7. The summed E-state index contributed by atoms with van der Waals surface area (Å²) >= 11 is 0. The molecule has 3 aromatic carbocycles. The SMILES string of the molecule is C/C(=N\OS(=O)(=O)c1ccc2ccccc2c1)C(C)(C)c1ccc([N+](=O)[O-])cc1. The van der Waals surface area contributed by atoms with Gasteiger partial charge in [-0.2, -0.15) is 8.42 Å². The van der Waals surface area contributed by atoms with Crippen LogP contribution in [0.4, 0.5) is 5.69 Å². The lowest BCUT2D eigenvalue weighted by Crippen LogP contribution is -2.27. The highest BCUT2D eigenvalue weighted by molar-refractivity contribution is 7.86. The highest BCUT2D eigenvalue weighted by Crippen LogP contribution is 2.28. The molecular weight excluding hydrogens is 392 g/mol. The lowest BCUT2D eigenvalue weighted by molar-refractivity contribution is -0.384. The Morgan fingerprint density at radius 3 is 2.24 bits per heavy atom. The lowest BCUT2D eigenvalue weighted by Gasteiger charge is -2.24. The second-order valence-corrected chi connectivity index (χ2v) is 8.67. The molecule has 0 aromatic heterocycles. The highest BCUT2D eigenvalue weighted by Gasteiger charge is 2.27. The molecule has 0 unspecified atom stereocenters. The predicted octanol–water partition coefficient (Wildman–Crippen LogP) is 4.81. The van der Waals surface area contributed by atoms with Crippen molar-refractivity contribution in [2.24, 2.45) is 5.16 Å². The summed E-state index contributed by atoms with van der Waals surface area (Å²) in [6, 6.07) is 18.2. The largest absolute Gasteiger partial charge is 0.358 e. The summed E-state index contributed by atoms with van der Waals surface area (Å²) in [4.78, 5) is 10.4. The summed E-state index contributed by atoms with van der Waals surface area (Å²) in [6.07, 6.45) is 0. The molecule has 0 aliphatic rings. The second kappa shape index (κ2) is 7.63. The molecule has 0 N–H and O–H groups in total. The Morgan fingerprint density at radius 2 is 1.62 bits per heavy atom. The van der Waals surface area contributed by atoms with Crippen LogP contribution in [0.25, 0.3) is 10.8 Å². The molecule has 0 fully saturated rings. The maximum Gasteiger partial charge on any atom is 0.358 e. The molecule has 0 aliphatic carbocycles. The van der Waals surface area contributed by atoms with Crippen molar-refractivity contribution in [3.05, 3.63) is 82.4 Å². The summed E-state index contributed by atoms with van der Waals surface area (Å²) in [5, 5.41) is 16.4. The number of hydrogen-bond donors (Lipinski definition) is 0. The molecule has 0 saturated heterocycles. The summed E-state index contributed by atoms with van der Waals surface area (Å²) in [5.41, 5.74) is 0.453. The first kappa shape index (κ1) is 20.5. The van der Waals surface area contributed by atoms with E-state index in [1.54, 1.807) is 25.1 Å². The zero-order valence-electron chi connectivity index (χ0n) is 16.2. The van der Waals surface area contributed by atoms with E-state index in [4.69, 9.17) is 4.28 Å². The van der Waals surface area contributed by atoms with Gasteiger partial charge in [0.05, 0.1) is 10.6 Å². The molecule has 8 heteroatoms. The Labute approximate surface area is 168 Å². The van der Waals surface area contributed by atoms with Gasteiger partial charge in [0.25, 0.3) is 5.69 Å². The molecule has 3 aromatic rings. The molecular formula is C21H20N2O5S. The molecule has 29 heavy (non-hydrogen) atoms. The van der Waals surface area contributed by atoms with Crippen molar-refractivity contribution < 1.29 is 17.6 Å². The molecule has 150 valence electrons. The average molecular weight is 412 g/mol. The van der Waals surface area contributed by atoms with Crippen molar-refractivity contribution in [2.75, 3.05) is 0 Å². The number of non-ortho nitro benzene ring substituents is 1. The van der Waals surface area contributed by atoms with Crippen LogP contribution in [0.3, 0.4) is 0 Å². The van der Waals surface area contributed by atoms with Gasteiger partial charge in [0.2, 0.25) is 0 Å². The van der Waals surface area contributed by atoms with Gasteiger partial charge >= 0.3 is 10.1 Å². The van der Waals surface area contributed by atoms with Gasteiger partial charge in [0.15, 0.2) is 0 Å². The summed E-state index contributed by atoms with van der Waals surface area (Å²) in [7, 11) is -4.08. The zero-order chi connectivity index (χ0) is 21.2. The Bertz CT molecular complexity index is 1200. The number of rotatable bonds is 6. The fraction of sp³-hybridized carbons (Fsp3) is 0.190. The van der Waals surface area contributed by atoms with E-state index in [1.165, 1.54) is 24.3 Å². The zero-order valence-corrected chi connectivity index (χ0v) is 17.0. The van der Waals surface area contributed by atoms with Gasteiger partial charge < -0.3 is 0 Å². The number of fused-ring (bicyclic) bond motifs is 1. The third kappa shape index (κ3) is 4.27. The minimum atomic E-state index is -4.08. The summed E-state index contributed by atoms with van der Waals surface area (Å²) < 4.78 is 30.1. The third-order valence-electron chi connectivity index (χ3n) is 4.99. The van der Waals surface area contributed by atoms with Crippen LogP contribution in [0.2, 0.25) is 0 Å². The first-order chi connectivity index (χ1) is 13.6. The van der Waals surface area contributed by atoms with Crippen LogP contribution >= 0.6 is 0 Å². The van der Waals surface area contributed by atoms with E-state index >= 15 is 0 Å². The first-order valence-corrected chi connectivity index (χ1v) is 10.2. The van der Waals surface area contributed by atoms with Crippen molar-refractivity contribution in [3.8, 4) is 0 Å². The van der Waals surface area contributed by atoms with Crippen molar-refractivity contribution in [3.63, 3.8) is 0 Å². The van der Waals surface area contributed by atoms with Crippen LogP contribution in [0, 0.1) is 10.1 Å². The molecule has 0 radical (unpaired) electrons. The number of oxime groups is 1. The van der Waals surface area contributed by atoms with Crippen molar-refractivity contribution in [1.29, 1.82) is 0 Å². The van der Waals surface area contributed by atoms with Gasteiger partial charge in [0.1, 0.15) is 4.90 Å². The topological polar surface area (TPSA) is 98.9 Å². The number of nitro groups is 1. The van der Waals surface area contributed by atoms with E-state index in [-0.39, 0.29) is 10.6 Å². The second-order valence-electron chi connectivity index (χ2n) is 7.14. The molecule has 0 saturated carbocycles. The quantitative estimate of drug-likeness (QED) is 0.329. The fourth-order valence-corrected chi connectivity index (χ4v) is 3.60. The number of hydrogen-bond acceptors (Lipinski definition) is 6. The average Bonchev–Trinajstić information content (AvgIpc) is 2.71. The van der Waals surface area contributed by atoms with Crippen LogP contribution in [0.1, 0.15) is 26.3 Å². The van der Waals surface area contributed by atoms with Gasteiger partial charge in [0, 0.05) is 17.5 Å². The van der Waals surface area contributed by atoms with E-state index < -0.39 is 20.5 Å². The maximum absolute atomic E-state index is 12.6. The lowest BCUT2D eigenvalue weighted by atomic mass is 9.81. The standard InChI is InChI=1S/C21H20N2O5S/c1-15(21(2,3)18-9-11-19(12-10-18)23(24)25)22-28-29(26,27)20-13-8-16-6-4-5-7-17(16)14-20/h4-14H,1-3H3/b22-15+. The molecule has 0 bridgehead atoms. The van der Waals surface area contributed by atoms with E-state index in [0.29, 0.717) is 5.71 Å². The third-order valence-corrected chi connectivity index (χ3v) is 6.09. The van der Waals surface area contributed by atoms with Crippen LogP contribution < -0.4 is 0 Å². The predicted molar refractivity (Wildman–Crippen MR) is 111 cm³/mol. The molecule has 0 atom stereocenters. The van der Waals surface area contributed by atoms with Crippen LogP contribution in [-0.2, 0) is 19.8 Å². The molecule has 0 spiro atoms. The van der Waals surface area contributed by atoms with Gasteiger partial charge in [-0.05, 0) is 35.4 Å². The van der Waals surface area contributed by atoms with Gasteiger partial charge in [-0.15, -0.1) is 0 Å². The Kier molecular flexibility index (Phi) is 5.39. The molecule has 3 rings (SSSR count). The Hall–Kier alpha value is -3.26. The number of nitrogens with zero attached hydrogens (tertiary/aromatic N) is 2. The number of nitro benzene ring substituents is 1. The van der Waals surface area contributed by atoms with Gasteiger partial charge in [-0.1, -0.05) is 61.5 Å². The minimum absolute atomic E-state index is 0.0147. The molecule has 0 heterocycles. The fourth-order valence-electron chi connectivity index (χ4n) is 2.79.